The van der Waals surface area contributed by atoms with Crippen LogP contribution < -0.4 is 10.6 Å². The van der Waals surface area contributed by atoms with Crippen LogP contribution in [-0.4, -0.2) is 11.8 Å². The highest BCUT2D eigenvalue weighted by Gasteiger charge is 2.13. The average molecular weight is 334 g/mol. The molecular formula is C20H18N2O3. The lowest BCUT2D eigenvalue weighted by Gasteiger charge is -2.14. The fraction of sp³-hybridized carbons (Fsp3) is 0.100. The van der Waals surface area contributed by atoms with Gasteiger partial charge in [-0.3, -0.25) is 9.59 Å². The highest BCUT2D eigenvalue weighted by atomic mass is 16.3. The fourth-order valence-corrected chi connectivity index (χ4v) is 2.44. The highest BCUT2D eigenvalue weighted by molar-refractivity contribution is 6.03. The Morgan fingerprint density at radius 3 is 2.44 bits per heavy atom. The Morgan fingerprint density at radius 1 is 0.920 bits per heavy atom. The van der Waals surface area contributed by atoms with Crippen molar-refractivity contribution in [1.82, 2.24) is 5.32 Å². The summed E-state index contributed by atoms with van der Waals surface area (Å²) >= 11 is 0. The summed E-state index contributed by atoms with van der Waals surface area (Å²) in [6.07, 6.45) is 1.43. The van der Waals surface area contributed by atoms with Gasteiger partial charge in [0.2, 0.25) is 0 Å². The van der Waals surface area contributed by atoms with Gasteiger partial charge in [0.1, 0.15) is 0 Å². The van der Waals surface area contributed by atoms with Gasteiger partial charge in [-0.15, -0.1) is 0 Å². The molecule has 0 aliphatic carbocycles. The molecule has 2 N–H and O–H groups in total. The number of carbonyl (C=O) groups excluding carboxylic acids is 2. The van der Waals surface area contributed by atoms with Crippen LogP contribution in [-0.2, 0) is 0 Å². The van der Waals surface area contributed by atoms with Gasteiger partial charge in [-0.2, -0.15) is 0 Å². The van der Waals surface area contributed by atoms with Gasteiger partial charge in [0.15, 0.2) is 5.76 Å². The first-order valence-electron chi connectivity index (χ1n) is 7.94. The lowest BCUT2D eigenvalue weighted by atomic mass is 10.1. The Morgan fingerprint density at radius 2 is 1.72 bits per heavy atom. The SMILES string of the molecule is C[C@@H](NC(=O)c1cccc(NC(=O)c2ccco2)c1)c1ccccc1. The Labute approximate surface area is 145 Å². The second kappa shape index (κ2) is 7.49. The number of benzene rings is 2. The molecule has 3 rings (SSSR count). The first-order chi connectivity index (χ1) is 12.1. The van der Waals surface area contributed by atoms with Crippen LogP contribution in [0.15, 0.2) is 77.4 Å². The fourth-order valence-electron chi connectivity index (χ4n) is 2.44. The predicted octanol–water partition coefficient (Wildman–Crippen LogP) is 4.02. The van der Waals surface area contributed by atoms with Crippen LogP contribution in [0.1, 0.15) is 39.4 Å². The van der Waals surface area contributed by atoms with Crippen molar-refractivity contribution in [2.75, 3.05) is 5.32 Å². The summed E-state index contributed by atoms with van der Waals surface area (Å²) < 4.78 is 5.06. The molecule has 2 aromatic carbocycles. The molecule has 0 radical (unpaired) electrons. The van der Waals surface area contributed by atoms with Crippen molar-refractivity contribution in [2.45, 2.75) is 13.0 Å². The van der Waals surface area contributed by atoms with Crippen molar-refractivity contribution in [3.8, 4) is 0 Å². The molecule has 1 atom stereocenters. The van der Waals surface area contributed by atoms with Crippen LogP contribution in [0.3, 0.4) is 0 Å². The topological polar surface area (TPSA) is 71.3 Å². The van der Waals surface area contributed by atoms with E-state index in [0.717, 1.165) is 5.56 Å². The molecule has 0 unspecified atom stereocenters. The average Bonchev–Trinajstić information content (AvgIpc) is 3.17. The minimum absolute atomic E-state index is 0.116. The molecule has 0 spiro atoms. The summed E-state index contributed by atoms with van der Waals surface area (Å²) in [6, 6.07) is 19.6. The summed E-state index contributed by atoms with van der Waals surface area (Å²) in [7, 11) is 0. The molecule has 5 nitrogen and oxygen atoms in total. The number of carbonyl (C=O) groups is 2. The van der Waals surface area contributed by atoms with Crippen molar-refractivity contribution in [2.24, 2.45) is 0 Å². The third-order valence-electron chi connectivity index (χ3n) is 3.77. The van der Waals surface area contributed by atoms with E-state index in [4.69, 9.17) is 4.42 Å². The molecule has 0 saturated heterocycles. The van der Waals surface area contributed by atoms with Crippen molar-refractivity contribution < 1.29 is 14.0 Å². The molecule has 5 heteroatoms. The molecular weight excluding hydrogens is 316 g/mol. The normalized spacial score (nSPS) is 11.6. The summed E-state index contributed by atoms with van der Waals surface area (Å²) in [5.74, 6) is -0.349. The zero-order chi connectivity index (χ0) is 17.6. The number of amides is 2. The first kappa shape index (κ1) is 16.5. The minimum atomic E-state index is -0.361. The Hall–Kier alpha value is -3.34. The monoisotopic (exact) mass is 334 g/mol. The van der Waals surface area contributed by atoms with Gasteiger partial charge in [0, 0.05) is 11.3 Å². The molecule has 1 aromatic heterocycles. The van der Waals surface area contributed by atoms with E-state index in [1.165, 1.54) is 6.26 Å². The van der Waals surface area contributed by atoms with Crippen LogP contribution >= 0.6 is 0 Å². The predicted molar refractivity (Wildman–Crippen MR) is 95.4 cm³/mol. The maximum absolute atomic E-state index is 12.5. The van der Waals surface area contributed by atoms with Gasteiger partial charge in [-0.25, -0.2) is 0 Å². The van der Waals surface area contributed by atoms with E-state index in [0.29, 0.717) is 11.3 Å². The highest BCUT2D eigenvalue weighted by Crippen LogP contribution is 2.15. The van der Waals surface area contributed by atoms with E-state index in [2.05, 4.69) is 10.6 Å². The Bertz CT molecular complexity index is 858. The maximum atomic E-state index is 12.5. The van der Waals surface area contributed by atoms with Crippen LogP contribution in [0.4, 0.5) is 5.69 Å². The van der Waals surface area contributed by atoms with Gasteiger partial charge in [0.05, 0.1) is 12.3 Å². The van der Waals surface area contributed by atoms with Gasteiger partial charge < -0.3 is 15.1 Å². The molecule has 0 aliphatic rings. The van der Waals surface area contributed by atoms with Crippen LogP contribution in [0, 0.1) is 0 Å². The van der Waals surface area contributed by atoms with Crippen LogP contribution in [0.25, 0.3) is 0 Å². The van der Waals surface area contributed by atoms with E-state index >= 15 is 0 Å². The zero-order valence-corrected chi connectivity index (χ0v) is 13.7. The smallest absolute Gasteiger partial charge is 0.291 e. The molecule has 126 valence electrons. The van der Waals surface area contributed by atoms with Crippen molar-refractivity contribution >= 4 is 17.5 Å². The second-order valence-corrected chi connectivity index (χ2v) is 5.62. The number of rotatable bonds is 5. The van der Waals surface area contributed by atoms with E-state index in [9.17, 15) is 9.59 Å². The molecule has 0 fully saturated rings. The van der Waals surface area contributed by atoms with E-state index in [-0.39, 0.29) is 23.6 Å². The number of anilines is 1. The standard InChI is InChI=1S/C20H18N2O3/c1-14(15-7-3-2-4-8-15)21-19(23)16-9-5-10-17(13-16)22-20(24)18-11-6-12-25-18/h2-14H,1H3,(H,21,23)(H,22,24)/t14-/m1/s1. The molecule has 0 bridgehead atoms. The lowest BCUT2D eigenvalue weighted by molar-refractivity contribution is 0.0938. The Kier molecular flexibility index (Phi) is 4.95. The van der Waals surface area contributed by atoms with Crippen molar-refractivity contribution in [3.05, 3.63) is 89.9 Å². The molecule has 25 heavy (non-hydrogen) atoms. The van der Waals surface area contributed by atoms with E-state index in [1.54, 1.807) is 36.4 Å². The van der Waals surface area contributed by atoms with Gasteiger partial charge in [-0.1, -0.05) is 36.4 Å². The van der Waals surface area contributed by atoms with Crippen molar-refractivity contribution in [1.29, 1.82) is 0 Å². The lowest BCUT2D eigenvalue weighted by Crippen LogP contribution is -2.26. The Balaban J connectivity index is 1.68. The van der Waals surface area contributed by atoms with E-state index in [1.807, 2.05) is 37.3 Å². The number of nitrogens with one attached hydrogen (secondary N) is 2. The quantitative estimate of drug-likeness (QED) is 0.740. The second-order valence-electron chi connectivity index (χ2n) is 5.62. The molecule has 0 saturated carbocycles. The maximum Gasteiger partial charge on any atom is 0.291 e. The number of furan rings is 1. The molecule has 3 aromatic rings. The zero-order valence-electron chi connectivity index (χ0n) is 13.7. The third kappa shape index (κ3) is 4.14. The minimum Gasteiger partial charge on any atom is -0.459 e. The third-order valence-corrected chi connectivity index (χ3v) is 3.77. The molecule has 0 aliphatic heterocycles. The van der Waals surface area contributed by atoms with Gasteiger partial charge in [0.25, 0.3) is 11.8 Å². The first-order valence-corrected chi connectivity index (χ1v) is 7.94. The van der Waals surface area contributed by atoms with Crippen LogP contribution in [0.5, 0.6) is 0 Å². The van der Waals surface area contributed by atoms with Crippen LogP contribution in [0.2, 0.25) is 0 Å². The van der Waals surface area contributed by atoms with E-state index < -0.39 is 0 Å². The number of hydrogen-bond acceptors (Lipinski definition) is 3. The summed E-state index contributed by atoms with van der Waals surface area (Å²) in [5, 5.41) is 5.66. The summed E-state index contributed by atoms with van der Waals surface area (Å²) in [4.78, 5) is 24.5. The number of hydrogen-bond donors (Lipinski definition) is 2. The molecule has 1 heterocycles. The van der Waals surface area contributed by atoms with Gasteiger partial charge >= 0.3 is 0 Å². The summed E-state index contributed by atoms with van der Waals surface area (Å²) in [5.41, 5.74) is 2.03. The van der Waals surface area contributed by atoms with Crippen molar-refractivity contribution in [3.63, 3.8) is 0 Å². The van der Waals surface area contributed by atoms with Gasteiger partial charge in [-0.05, 0) is 42.8 Å². The molecule has 2 amide bonds. The summed E-state index contributed by atoms with van der Waals surface area (Å²) in [6.45, 7) is 1.93. The largest absolute Gasteiger partial charge is 0.459 e.